The van der Waals surface area contributed by atoms with Crippen LogP contribution < -0.4 is 14.8 Å². The van der Waals surface area contributed by atoms with Gasteiger partial charge in [0, 0.05) is 13.5 Å². The maximum absolute atomic E-state index is 5.44. The zero-order chi connectivity index (χ0) is 13.5. The molecule has 0 bridgehead atoms. The van der Waals surface area contributed by atoms with E-state index in [2.05, 4.69) is 26.8 Å². The van der Waals surface area contributed by atoms with E-state index in [4.69, 9.17) is 9.47 Å². The maximum Gasteiger partial charge on any atom is 0.324 e. The van der Waals surface area contributed by atoms with E-state index in [0.717, 1.165) is 12.0 Å². The Labute approximate surface area is 107 Å². The minimum Gasteiger partial charge on any atom is -0.463 e. The van der Waals surface area contributed by atoms with E-state index in [-0.39, 0.29) is 18.1 Å². The molecule has 1 aromatic heterocycles. The lowest BCUT2D eigenvalue weighted by atomic mass is 10.3. The standard InChI is InChI=1S/C12H20N4O2/c1-8(2)6-7-17-11-14-10(13-5)15-12(16-11)18-9(3)4/h9H,1,6-7H2,2-5H3,(H,13,14,15,16). The van der Waals surface area contributed by atoms with E-state index in [1.165, 1.54) is 0 Å². The zero-order valence-corrected chi connectivity index (χ0v) is 11.4. The van der Waals surface area contributed by atoms with Crippen LogP contribution in [0.2, 0.25) is 0 Å². The number of hydrogen-bond acceptors (Lipinski definition) is 6. The zero-order valence-electron chi connectivity index (χ0n) is 11.4. The number of nitrogens with zero attached hydrogens (tertiary/aromatic N) is 3. The molecule has 1 aromatic rings. The summed E-state index contributed by atoms with van der Waals surface area (Å²) in [6, 6.07) is 0.515. The molecular weight excluding hydrogens is 232 g/mol. The minimum absolute atomic E-state index is 0.000348. The van der Waals surface area contributed by atoms with Crippen LogP contribution >= 0.6 is 0 Å². The molecule has 18 heavy (non-hydrogen) atoms. The van der Waals surface area contributed by atoms with Gasteiger partial charge in [-0.1, -0.05) is 5.57 Å². The van der Waals surface area contributed by atoms with Crippen LogP contribution in [0.5, 0.6) is 12.0 Å². The van der Waals surface area contributed by atoms with Gasteiger partial charge in [0.05, 0.1) is 12.7 Å². The fourth-order valence-corrected chi connectivity index (χ4v) is 1.09. The van der Waals surface area contributed by atoms with E-state index >= 15 is 0 Å². The molecule has 0 spiro atoms. The van der Waals surface area contributed by atoms with Crippen LogP contribution in [0, 0.1) is 0 Å². The van der Waals surface area contributed by atoms with Crippen LogP contribution in [0.15, 0.2) is 12.2 Å². The molecule has 0 aliphatic carbocycles. The van der Waals surface area contributed by atoms with Gasteiger partial charge >= 0.3 is 12.0 Å². The molecule has 100 valence electrons. The molecule has 1 heterocycles. The molecule has 0 saturated heterocycles. The highest BCUT2D eigenvalue weighted by Gasteiger charge is 2.09. The monoisotopic (exact) mass is 252 g/mol. The highest BCUT2D eigenvalue weighted by Crippen LogP contribution is 2.14. The lowest BCUT2D eigenvalue weighted by molar-refractivity contribution is 0.213. The summed E-state index contributed by atoms with van der Waals surface area (Å²) in [5.41, 5.74) is 1.05. The Kier molecular flexibility index (Phi) is 5.35. The summed E-state index contributed by atoms with van der Waals surface area (Å²) in [7, 11) is 1.73. The van der Waals surface area contributed by atoms with Crippen molar-refractivity contribution in [2.45, 2.75) is 33.3 Å². The quantitative estimate of drug-likeness (QED) is 0.749. The molecule has 0 unspecified atom stereocenters. The second-order valence-corrected chi connectivity index (χ2v) is 4.20. The molecule has 6 nitrogen and oxygen atoms in total. The molecule has 1 rings (SSSR count). The van der Waals surface area contributed by atoms with Crippen molar-refractivity contribution in [1.29, 1.82) is 0 Å². The summed E-state index contributed by atoms with van der Waals surface area (Å²) < 4.78 is 10.9. The number of aromatic nitrogens is 3. The van der Waals surface area contributed by atoms with Crippen LogP contribution in [0.3, 0.4) is 0 Å². The van der Waals surface area contributed by atoms with Gasteiger partial charge in [0.2, 0.25) is 5.95 Å². The second-order valence-electron chi connectivity index (χ2n) is 4.20. The van der Waals surface area contributed by atoms with Crippen molar-refractivity contribution < 1.29 is 9.47 Å². The van der Waals surface area contributed by atoms with Crippen LogP contribution in [0.25, 0.3) is 0 Å². The summed E-state index contributed by atoms with van der Waals surface area (Å²) in [6.07, 6.45) is 0.765. The first-order valence-electron chi connectivity index (χ1n) is 5.89. The van der Waals surface area contributed by atoms with Crippen molar-refractivity contribution in [3.63, 3.8) is 0 Å². The Morgan fingerprint density at radius 1 is 1.28 bits per heavy atom. The number of rotatable bonds is 7. The second kappa shape index (κ2) is 6.78. The van der Waals surface area contributed by atoms with Gasteiger partial charge in [0.1, 0.15) is 0 Å². The predicted molar refractivity (Wildman–Crippen MR) is 70.1 cm³/mol. The number of hydrogen-bond donors (Lipinski definition) is 1. The summed E-state index contributed by atoms with van der Waals surface area (Å²) in [4.78, 5) is 12.3. The molecule has 0 radical (unpaired) electrons. The third kappa shape index (κ3) is 4.99. The molecule has 1 N–H and O–H groups in total. The average Bonchev–Trinajstić information content (AvgIpc) is 2.27. The summed E-state index contributed by atoms with van der Waals surface area (Å²) in [6.45, 7) is 10.1. The Balaban J connectivity index is 2.73. The van der Waals surface area contributed by atoms with Crippen molar-refractivity contribution in [1.82, 2.24) is 15.0 Å². The largest absolute Gasteiger partial charge is 0.463 e. The predicted octanol–water partition coefficient (Wildman–Crippen LogP) is 2.05. The lowest BCUT2D eigenvalue weighted by Crippen LogP contribution is -2.12. The Bertz CT molecular complexity index is 407. The van der Waals surface area contributed by atoms with Crippen LogP contribution in [-0.4, -0.2) is 34.7 Å². The molecule has 0 aliphatic rings. The first-order valence-corrected chi connectivity index (χ1v) is 5.89. The van der Waals surface area contributed by atoms with Crippen LogP contribution in [0.1, 0.15) is 27.2 Å². The molecule has 0 aliphatic heterocycles. The minimum atomic E-state index is 0.000348. The van der Waals surface area contributed by atoms with Gasteiger partial charge in [0.15, 0.2) is 0 Å². The van der Waals surface area contributed by atoms with Gasteiger partial charge in [-0.05, 0) is 20.8 Å². The molecule has 0 atom stereocenters. The first-order chi connectivity index (χ1) is 8.51. The fourth-order valence-electron chi connectivity index (χ4n) is 1.09. The topological polar surface area (TPSA) is 69.2 Å². The third-order valence-electron chi connectivity index (χ3n) is 1.92. The van der Waals surface area contributed by atoms with E-state index in [1.54, 1.807) is 7.05 Å². The molecular formula is C12H20N4O2. The lowest BCUT2D eigenvalue weighted by Gasteiger charge is -2.10. The molecule has 0 saturated carbocycles. The van der Waals surface area contributed by atoms with Gasteiger partial charge in [0.25, 0.3) is 0 Å². The van der Waals surface area contributed by atoms with Gasteiger partial charge in [-0.15, -0.1) is 11.6 Å². The summed E-state index contributed by atoms with van der Waals surface area (Å²) in [5.74, 6) is 0.422. The van der Waals surface area contributed by atoms with E-state index in [9.17, 15) is 0 Å². The highest BCUT2D eigenvalue weighted by atomic mass is 16.5. The van der Waals surface area contributed by atoms with Gasteiger partial charge < -0.3 is 14.8 Å². The SMILES string of the molecule is C=C(C)CCOc1nc(NC)nc(OC(C)C)n1. The summed E-state index contributed by atoms with van der Waals surface area (Å²) >= 11 is 0. The van der Waals surface area contributed by atoms with Crippen LogP contribution in [0.4, 0.5) is 5.95 Å². The highest BCUT2D eigenvalue weighted by molar-refractivity contribution is 5.26. The van der Waals surface area contributed by atoms with Crippen molar-refractivity contribution >= 4 is 5.95 Å². The molecule has 0 aromatic carbocycles. The van der Waals surface area contributed by atoms with Gasteiger partial charge in [-0.25, -0.2) is 0 Å². The number of anilines is 1. The van der Waals surface area contributed by atoms with Crippen molar-refractivity contribution in [2.75, 3.05) is 19.0 Å². The van der Waals surface area contributed by atoms with E-state index in [1.807, 2.05) is 20.8 Å². The number of nitrogens with one attached hydrogen (secondary N) is 1. The van der Waals surface area contributed by atoms with E-state index < -0.39 is 0 Å². The fraction of sp³-hybridized carbons (Fsp3) is 0.583. The number of ether oxygens (including phenoxy) is 2. The first kappa shape index (κ1) is 14.2. The normalized spacial score (nSPS) is 10.3. The van der Waals surface area contributed by atoms with E-state index in [0.29, 0.717) is 12.6 Å². The molecule has 0 fully saturated rings. The van der Waals surface area contributed by atoms with Crippen LogP contribution in [-0.2, 0) is 0 Å². The summed E-state index contributed by atoms with van der Waals surface area (Å²) in [5, 5.41) is 2.84. The smallest absolute Gasteiger partial charge is 0.324 e. The third-order valence-corrected chi connectivity index (χ3v) is 1.92. The Hall–Kier alpha value is -1.85. The maximum atomic E-state index is 5.44. The van der Waals surface area contributed by atoms with Crippen molar-refractivity contribution in [3.05, 3.63) is 12.2 Å². The Morgan fingerprint density at radius 3 is 2.50 bits per heavy atom. The van der Waals surface area contributed by atoms with Gasteiger partial charge in [-0.2, -0.15) is 9.97 Å². The van der Waals surface area contributed by atoms with Crippen molar-refractivity contribution in [2.24, 2.45) is 0 Å². The Morgan fingerprint density at radius 2 is 1.94 bits per heavy atom. The van der Waals surface area contributed by atoms with Crippen molar-refractivity contribution in [3.8, 4) is 12.0 Å². The van der Waals surface area contributed by atoms with Gasteiger partial charge in [-0.3, -0.25) is 0 Å². The average molecular weight is 252 g/mol. The molecule has 6 heteroatoms. The molecule has 0 amide bonds.